The number of thiol groups is 1. The Labute approximate surface area is 85.1 Å². The fourth-order valence-electron chi connectivity index (χ4n) is 0.811. The molecule has 0 aromatic heterocycles. The molecule has 14 heavy (non-hydrogen) atoms. The van der Waals surface area contributed by atoms with Crippen LogP contribution in [0.4, 0.5) is 0 Å². The van der Waals surface area contributed by atoms with Crippen LogP contribution < -0.4 is 5.14 Å². The zero-order valence-electron chi connectivity index (χ0n) is 8.02. The van der Waals surface area contributed by atoms with Gasteiger partial charge in [-0.3, -0.25) is 0 Å². The van der Waals surface area contributed by atoms with Crippen molar-refractivity contribution in [3.05, 3.63) is 34.9 Å². The highest BCUT2D eigenvalue weighted by molar-refractivity contribution is 7.69. The van der Waals surface area contributed by atoms with Crippen LogP contribution >= 0.6 is 0 Å². The van der Waals surface area contributed by atoms with Crippen molar-refractivity contribution in [3.8, 4) is 6.07 Å². The molecule has 4 nitrogen and oxygen atoms in total. The summed E-state index contributed by atoms with van der Waals surface area (Å²) in [6.07, 6.45) is 0. The maximum absolute atomic E-state index is 8.81. The fraction of sp³-hybridized carbons (Fsp3) is 0.222. The monoisotopic (exact) mass is 212 g/mol. The van der Waals surface area contributed by atoms with Gasteiger partial charge in [-0.2, -0.15) is 5.26 Å². The third-order valence-electron chi connectivity index (χ3n) is 1.64. The Balaban J connectivity index is 0.000000364. The first kappa shape index (κ1) is 12.6. The number of nitriles is 1. The van der Waals surface area contributed by atoms with Crippen LogP contribution in [0.1, 0.15) is 16.7 Å². The van der Waals surface area contributed by atoms with Gasteiger partial charge in [-0.25, -0.2) is 13.6 Å². The molecule has 2 N–H and O–H groups in total. The van der Waals surface area contributed by atoms with Crippen LogP contribution in [0, 0.1) is 25.2 Å². The van der Waals surface area contributed by atoms with E-state index in [1.165, 1.54) is 11.1 Å². The van der Waals surface area contributed by atoms with E-state index in [0.717, 1.165) is 5.56 Å². The van der Waals surface area contributed by atoms with Crippen LogP contribution in [-0.4, -0.2) is 8.42 Å². The minimum Gasteiger partial charge on any atom is -0.231 e. The molecule has 76 valence electrons. The molecule has 1 aromatic rings. The van der Waals surface area contributed by atoms with Crippen molar-refractivity contribution in [1.82, 2.24) is 0 Å². The van der Waals surface area contributed by atoms with Crippen molar-refractivity contribution >= 4 is 10.9 Å². The SMILES string of the molecule is Cc1ccc(C#N)cc1C.N[SH](=O)=O. The topological polar surface area (TPSA) is 83.9 Å². The average molecular weight is 212 g/mol. The summed E-state index contributed by atoms with van der Waals surface area (Å²) in [6.45, 7) is 4.05. The van der Waals surface area contributed by atoms with Crippen LogP contribution in [0.3, 0.4) is 0 Å². The van der Waals surface area contributed by atoms with E-state index >= 15 is 0 Å². The normalized spacial score (nSPS) is 8.79. The predicted molar refractivity (Wildman–Crippen MR) is 55.1 cm³/mol. The minimum absolute atomic E-state index is 0.739. The average Bonchev–Trinajstić information content (AvgIpc) is 2.09. The molecule has 0 aliphatic carbocycles. The van der Waals surface area contributed by atoms with Crippen molar-refractivity contribution < 1.29 is 8.42 Å². The summed E-state index contributed by atoms with van der Waals surface area (Å²) in [6, 6.07) is 7.79. The number of benzene rings is 1. The summed E-state index contributed by atoms with van der Waals surface area (Å²) in [7, 11) is -2.62. The van der Waals surface area contributed by atoms with Crippen LogP contribution in [-0.2, 0) is 10.9 Å². The van der Waals surface area contributed by atoms with Crippen molar-refractivity contribution in [2.75, 3.05) is 0 Å². The molecule has 0 heterocycles. The van der Waals surface area contributed by atoms with Gasteiger partial charge in [0.25, 0.3) is 0 Å². The van der Waals surface area contributed by atoms with E-state index in [1.807, 2.05) is 32.0 Å². The van der Waals surface area contributed by atoms with E-state index in [-0.39, 0.29) is 0 Å². The number of hydrogen-bond acceptors (Lipinski definition) is 3. The Hall–Kier alpha value is -1.38. The molecular formula is C9H12N2O2S. The Morgan fingerprint density at radius 1 is 1.29 bits per heavy atom. The lowest BCUT2D eigenvalue weighted by Gasteiger charge is -1.96. The van der Waals surface area contributed by atoms with Crippen molar-refractivity contribution in [2.24, 2.45) is 5.14 Å². The molecule has 0 unspecified atom stereocenters. The summed E-state index contributed by atoms with van der Waals surface area (Å²) < 4.78 is 17.6. The molecule has 0 atom stereocenters. The van der Waals surface area contributed by atoms with Crippen LogP contribution in [0.25, 0.3) is 0 Å². The number of hydrogen-bond donors (Lipinski definition) is 2. The van der Waals surface area contributed by atoms with Gasteiger partial charge in [0, 0.05) is 0 Å². The first-order chi connectivity index (χ1) is 6.47. The fourth-order valence-corrected chi connectivity index (χ4v) is 0.811. The van der Waals surface area contributed by atoms with Crippen LogP contribution in [0.5, 0.6) is 0 Å². The van der Waals surface area contributed by atoms with Crippen molar-refractivity contribution in [3.63, 3.8) is 0 Å². The minimum atomic E-state index is -2.62. The Kier molecular flexibility index (Phi) is 5.53. The second kappa shape index (κ2) is 6.13. The van der Waals surface area contributed by atoms with E-state index < -0.39 is 10.9 Å². The van der Waals surface area contributed by atoms with Crippen LogP contribution in [0.2, 0.25) is 0 Å². The summed E-state index contributed by atoms with van der Waals surface area (Å²) in [4.78, 5) is 0. The molecular weight excluding hydrogens is 200 g/mol. The number of aryl methyl sites for hydroxylation is 2. The largest absolute Gasteiger partial charge is 0.231 e. The van der Waals surface area contributed by atoms with Gasteiger partial charge in [0.15, 0.2) is 10.9 Å². The lowest BCUT2D eigenvalue weighted by Crippen LogP contribution is -1.85. The zero-order chi connectivity index (χ0) is 11.1. The first-order valence-corrected chi connectivity index (χ1v) is 5.08. The Bertz CT molecular complexity index is 411. The van der Waals surface area contributed by atoms with Gasteiger partial charge in [0.05, 0.1) is 11.6 Å². The zero-order valence-corrected chi connectivity index (χ0v) is 8.91. The molecule has 0 bridgehead atoms. The molecule has 0 aliphatic rings. The number of nitrogens with two attached hydrogens (primary N) is 1. The third-order valence-corrected chi connectivity index (χ3v) is 1.64. The van der Waals surface area contributed by atoms with E-state index in [9.17, 15) is 0 Å². The first-order valence-electron chi connectivity index (χ1n) is 3.83. The molecule has 5 heteroatoms. The van der Waals surface area contributed by atoms with Gasteiger partial charge in [0.1, 0.15) is 0 Å². The number of nitrogens with zero attached hydrogens (tertiary/aromatic N) is 1. The maximum atomic E-state index is 8.81. The molecule has 0 saturated heterocycles. The van der Waals surface area contributed by atoms with Crippen molar-refractivity contribution in [1.29, 1.82) is 5.26 Å². The van der Waals surface area contributed by atoms with Gasteiger partial charge in [0.2, 0.25) is 0 Å². The van der Waals surface area contributed by atoms with E-state index in [1.54, 1.807) is 0 Å². The van der Waals surface area contributed by atoms with E-state index in [2.05, 4.69) is 11.2 Å². The van der Waals surface area contributed by atoms with Gasteiger partial charge in [-0.05, 0) is 37.1 Å². The molecule has 0 amide bonds. The highest BCUT2D eigenvalue weighted by Crippen LogP contribution is 2.07. The van der Waals surface area contributed by atoms with Gasteiger partial charge >= 0.3 is 0 Å². The summed E-state index contributed by atoms with van der Waals surface area (Å²) >= 11 is 0. The maximum Gasteiger partial charge on any atom is 0.198 e. The summed E-state index contributed by atoms with van der Waals surface area (Å²) in [5.41, 5.74) is 3.15. The lowest BCUT2D eigenvalue weighted by molar-refractivity contribution is 0.616. The smallest absolute Gasteiger partial charge is 0.198 e. The molecule has 0 saturated carbocycles. The quantitative estimate of drug-likeness (QED) is 0.619. The molecule has 1 aromatic carbocycles. The van der Waals surface area contributed by atoms with Gasteiger partial charge in [-0.15, -0.1) is 0 Å². The van der Waals surface area contributed by atoms with E-state index in [4.69, 9.17) is 13.7 Å². The Morgan fingerprint density at radius 2 is 1.79 bits per heavy atom. The highest BCUT2D eigenvalue weighted by Gasteiger charge is 1.92. The number of rotatable bonds is 0. The molecule has 0 aliphatic heterocycles. The molecule has 1 rings (SSSR count). The molecule has 0 spiro atoms. The van der Waals surface area contributed by atoms with E-state index in [0.29, 0.717) is 0 Å². The molecule has 0 fully saturated rings. The Morgan fingerprint density at radius 3 is 2.14 bits per heavy atom. The van der Waals surface area contributed by atoms with Gasteiger partial charge in [-0.1, -0.05) is 6.07 Å². The van der Waals surface area contributed by atoms with Gasteiger partial charge < -0.3 is 0 Å². The second-order valence-corrected chi connectivity index (χ2v) is 3.27. The predicted octanol–water partition coefficient (Wildman–Crippen LogP) is 0.647. The standard InChI is InChI=1S/C9H9N.H3NO2S/c1-7-3-4-9(6-10)5-8(7)2;1-4(2)3/h3-5H,1-2H3;4H,(H2,1,2,3). The summed E-state index contributed by atoms with van der Waals surface area (Å²) in [5, 5.41) is 12.6. The van der Waals surface area contributed by atoms with Crippen molar-refractivity contribution in [2.45, 2.75) is 13.8 Å². The van der Waals surface area contributed by atoms with Crippen LogP contribution in [0.15, 0.2) is 18.2 Å². The summed E-state index contributed by atoms with van der Waals surface area (Å²) in [5.74, 6) is 0. The second-order valence-electron chi connectivity index (χ2n) is 2.70. The molecule has 0 radical (unpaired) electrons. The lowest BCUT2D eigenvalue weighted by atomic mass is 10.1. The third kappa shape index (κ3) is 5.30. The highest BCUT2D eigenvalue weighted by atomic mass is 32.2.